The van der Waals surface area contributed by atoms with Crippen LogP contribution in [0, 0.1) is 17.8 Å². The molecule has 4 unspecified atom stereocenters. The van der Waals surface area contributed by atoms with Gasteiger partial charge < -0.3 is 9.84 Å². The van der Waals surface area contributed by atoms with E-state index in [1.54, 1.807) is 37.3 Å². The predicted molar refractivity (Wildman–Crippen MR) is 145 cm³/mol. The van der Waals surface area contributed by atoms with Crippen molar-refractivity contribution in [3.8, 4) is 11.5 Å². The summed E-state index contributed by atoms with van der Waals surface area (Å²) < 4.78 is 5.34. The van der Waals surface area contributed by atoms with Crippen molar-refractivity contribution in [1.29, 1.82) is 0 Å². The molecule has 0 spiro atoms. The maximum absolute atomic E-state index is 13.9. The first-order valence-corrected chi connectivity index (χ1v) is 12.9. The van der Waals surface area contributed by atoms with Gasteiger partial charge >= 0.3 is 0 Å². The summed E-state index contributed by atoms with van der Waals surface area (Å²) in [6.45, 7) is 5.38. The molecular weight excluding hydrogens is 494 g/mol. The maximum Gasteiger partial charge on any atom is 0.238 e. The van der Waals surface area contributed by atoms with Crippen LogP contribution in [0.15, 0.2) is 83.5 Å². The molecule has 0 aromatic heterocycles. The van der Waals surface area contributed by atoms with E-state index in [4.69, 9.17) is 4.74 Å². The Bertz CT molecular complexity index is 1570. The molecule has 2 aromatic carbocycles. The molecule has 2 aromatic rings. The van der Waals surface area contributed by atoms with E-state index >= 15 is 0 Å². The van der Waals surface area contributed by atoms with Crippen LogP contribution in [0.1, 0.15) is 36.8 Å². The molecule has 2 amide bonds. The first kappa shape index (κ1) is 24.8. The number of ether oxygens (including phenoxy) is 1. The summed E-state index contributed by atoms with van der Waals surface area (Å²) in [7, 11) is 1.44. The van der Waals surface area contributed by atoms with Gasteiger partial charge in [0.25, 0.3) is 0 Å². The average molecular weight is 522 g/mol. The highest BCUT2D eigenvalue weighted by Gasteiger charge is 2.56. The number of phenols is 1. The summed E-state index contributed by atoms with van der Waals surface area (Å²) in [6, 6.07) is 12.0. The van der Waals surface area contributed by atoms with Gasteiger partial charge in [-0.3, -0.25) is 24.1 Å². The zero-order valence-corrected chi connectivity index (χ0v) is 21.6. The second-order valence-corrected chi connectivity index (χ2v) is 10.5. The highest BCUT2D eigenvalue weighted by Crippen LogP contribution is 2.55. The molecular formula is C32H27NO6. The molecule has 0 radical (unpaired) electrons. The average Bonchev–Trinajstić information content (AvgIpc) is 3.20. The number of hydrogen-bond acceptors (Lipinski definition) is 6. The predicted octanol–water partition coefficient (Wildman–Crippen LogP) is 4.68. The molecule has 196 valence electrons. The lowest BCUT2D eigenvalue weighted by Gasteiger charge is -2.42. The fourth-order valence-corrected chi connectivity index (χ4v) is 6.63. The van der Waals surface area contributed by atoms with Crippen molar-refractivity contribution in [2.45, 2.75) is 25.7 Å². The van der Waals surface area contributed by atoms with Gasteiger partial charge in [0, 0.05) is 22.6 Å². The molecule has 1 fully saturated rings. The van der Waals surface area contributed by atoms with Gasteiger partial charge in [-0.25, -0.2) is 0 Å². The van der Waals surface area contributed by atoms with Crippen LogP contribution in [-0.4, -0.2) is 35.6 Å². The van der Waals surface area contributed by atoms with E-state index in [1.807, 2.05) is 18.2 Å². The molecule has 0 bridgehead atoms. The van der Waals surface area contributed by atoms with Crippen molar-refractivity contribution in [2.24, 2.45) is 17.8 Å². The number of aromatic hydroxyl groups is 1. The summed E-state index contributed by atoms with van der Waals surface area (Å²) in [5, 5.41) is 10.2. The lowest BCUT2D eigenvalue weighted by Crippen LogP contribution is -2.39. The van der Waals surface area contributed by atoms with Gasteiger partial charge in [-0.2, -0.15) is 0 Å². The van der Waals surface area contributed by atoms with Gasteiger partial charge in [0.15, 0.2) is 23.1 Å². The molecule has 7 heteroatoms. The van der Waals surface area contributed by atoms with Crippen molar-refractivity contribution < 1.29 is 29.0 Å². The number of ketones is 2. The highest BCUT2D eigenvalue weighted by atomic mass is 16.5. The zero-order chi connectivity index (χ0) is 27.6. The van der Waals surface area contributed by atoms with Crippen molar-refractivity contribution in [2.75, 3.05) is 12.0 Å². The lowest BCUT2D eigenvalue weighted by atomic mass is 9.59. The van der Waals surface area contributed by atoms with Crippen LogP contribution >= 0.6 is 0 Å². The van der Waals surface area contributed by atoms with E-state index in [0.717, 1.165) is 11.1 Å². The molecule has 1 heterocycles. The van der Waals surface area contributed by atoms with Crippen LogP contribution in [0.5, 0.6) is 11.5 Å². The van der Waals surface area contributed by atoms with Gasteiger partial charge in [-0.1, -0.05) is 42.5 Å². The number of allylic oxidation sites excluding steroid dienone is 6. The van der Waals surface area contributed by atoms with E-state index in [0.29, 0.717) is 34.4 Å². The first-order valence-electron chi connectivity index (χ1n) is 12.9. The van der Waals surface area contributed by atoms with E-state index < -0.39 is 23.7 Å². The number of anilines is 1. The minimum Gasteiger partial charge on any atom is -0.504 e. The Morgan fingerprint density at radius 1 is 1.03 bits per heavy atom. The third-order valence-electron chi connectivity index (χ3n) is 8.49. The molecule has 6 rings (SSSR count). The minimum absolute atomic E-state index is 0.0442. The Hall–Kier alpha value is -4.52. The molecule has 1 N–H and O–H groups in total. The molecule has 3 aliphatic carbocycles. The van der Waals surface area contributed by atoms with E-state index in [1.165, 1.54) is 24.2 Å². The highest BCUT2D eigenvalue weighted by molar-refractivity contribution is 6.25. The summed E-state index contributed by atoms with van der Waals surface area (Å²) in [5.74, 6) is -3.02. The van der Waals surface area contributed by atoms with Crippen molar-refractivity contribution in [3.63, 3.8) is 0 Å². The number of Topliss-reactive ketones (excluding diaryl/α,β-unsaturated/α-hetero) is 1. The Balaban J connectivity index is 1.47. The molecule has 39 heavy (non-hydrogen) atoms. The summed E-state index contributed by atoms with van der Waals surface area (Å²) in [5.41, 5.74) is 4.07. The minimum atomic E-state index is -0.651. The fraction of sp³-hybridized carbons (Fsp3) is 0.250. The Kier molecular flexibility index (Phi) is 5.75. The van der Waals surface area contributed by atoms with Crippen LogP contribution in [0.4, 0.5) is 5.69 Å². The number of imide groups is 1. The second-order valence-electron chi connectivity index (χ2n) is 10.5. The van der Waals surface area contributed by atoms with E-state index in [2.05, 4.69) is 6.58 Å². The number of fused-ring (bicyclic) bond motifs is 3. The Morgan fingerprint density at radius 2 is 1.77 bits per heavy atom. The van der Waals surface area contributed by atoms with Gasteiger partial charge in [0.05, 0.1) is 24.6 Å². The Labute approximate surface area is 225 Å². The topological polar surface area (TPSA) is 101 Å². The third kappa shape index (κ3) is 3.64. The number of rotatable bonds is 4. The molecule has 1 aliphatic heterocycles. The van der Waals surface area contributed by atoms with Crippen LogP contribution in [0.3, 0.4) is 0 Å². The number of nitrogens with zero attached hydrogens (tertiary/aromatic N) is 1. The Morgan fingerprint density at radius 3 is 2.46 bits per heavy atom. The molecule has 4 aliphatic rings. The molecule has 4 atom stereocenters. The van der Waals surface area contributed by atoms with Crippen LogP contribution < -0.4 is 9.64 Å². The third-order valence-corrected chi connectivity index (χ3v) is 8.49. The number of methoxy groups -OCH3 is 1. The number of amides is 2. The largest absolute Gasteiger partial charge is 0.504 e. The maximum atomic E-state index is 13.9. The number of phenolic OH excluding ortho intramolecular Hbond substituents is 1. The van der Waals surface area contributed by atoms with E-state index in [9.17, 15) is 24.3 Å². The van der Waals surface area contributed by atoms with Crippen molar-refractivity contribution in [1.82, 2.24) is 0 Å². The van der Waals surface area contributed by atoms with Crippen LogP contribution in [0.2, 0.25) is 0 Å². The van der Waals surface area contributed by atoms with Crippen LogP contribution in [-0.2, 0) is 19.2 Å². The van der Waals surface area contributed by atoms with Crippen molar-refractivity contribution >= 4 is 35.1 Å². The molecule has 0 saturated carbocycles. The van der Waals surface area contributed by atoms with Gasteiger partial charge in [-0.15, -0.1) is 0 Å². The first-order chi connectivity index (χ1) is 18.7. The normalized spacial score (nSPS) is 26.1. The van der Waals surface area contributed by atoms with Gasteiger partial charge in [-0.05, 0) is 67.2 Å². The number of benzene rings is 2. The van der Waals surface area contributed by atoms with Crippen LogP contribution in [0.25, 0.3) is 6.08 Å². The number of carbonyl (C=O) groups excluding carboxylic acids is 4. The monoisotopic (exact) mass is 521 g/mol. The second kappa shape index (κ2) is 9.05. The summed E-state index contributed by atoms with van der Waals surface area (Å²) in [6.07, 6.45) is 5.59. The lowest BCUT2D eigenvalue weighted by molar-refractivity contribution is -0.123. The quantitative estimate of drug-likeness (QED) is 0.356. The fourth-order valence-electron chi connectivity index (χ4n) is 6.63. The van der Waals surface area contributed by atoms with Gasteiger partial charge in [0.2, 0.25) is 11.8 Å². The number of hydrogen-bond donors (Lipinski definition) is 1. The van der Waals surface area contributed by atoms with Crippen molar-refractivity contribution in [3.05, 3.63) is 94.6 Å². The number of carbonyl (C=O) groups is 4. The molecule has 1 saturated heterocycles. The summed E-state index contributed by atoms with van der Waals surface area (Å²) in [4.78, 5) is 55.5. The smallest absolute Gasteiger partial charge is 0.238 e. The zero-order valence-electron chi connectivity index (χ0n) is 21.6. The SMILES string of the molecule is C=Cc1ccc(N2C(=O)C3CC=C4C(c5ccc(O)c(OC)c5)C5=C(CC4C3C2=O)C(=O)C=C(C)C5=O)cc1. The summed E-state index contributed by atoms with van der Waals surface area (Å²) >= 11 is 0. The molecule has 7 nitrogen and oxygen atoms in total. The standard InChI is InChI=1S/C32H27NO6/c1-4-17-5-8-19(9-6-17)33-31(37)21-11-10-20-22(28(21)32(33)38)15-23-25(35)13-16(2)30(36)29(23)27(20)18-7-12-24(34)26(14-18)39-3/h4-10,12-14,21-22,27-28,34H,1,11,15H2,2-3H3. The van der Waals surface area contributed by atoms with E-state index in [-0.39, 0.29) is 41.3 Å². The van der Waals surface area contributed by atoms with Gasteiger partial charge in [0.1, 0.15) is 0 Å².